The van der Waals surface area contributed by atoms with E-state index in [1.54, 1.807) is 12.1 Å². The quantitative estimate of drug-likeness (QED) is 0.797. The van der Waals surface area contributed by atoms with Crippen LogP contribution < -0.4 is 0 Å². The second-order valence-corrected chi connectivity index (χ2v) is 6.67. The molecular weight excluding hydrogens is 320 g/mol. The van der Waals surface area contributed by atoms with Gasteiger partial charge in [0, 0.05) is 5.92 Å². The first-order chi connectivity index (χ1) is 11.4. The maximum absolute atomic E-state index is 14.0. The number of imide groups is 1. The van der Waals surface area contributed by atoms with Crippen LogP contribution in [-0.4, -0.2) is 28.8 Å². The third-order valence-electron chi connectivity index (χ3n) is 5.46. The fourth-order valence-corrected chi connectivity index (χ4v) is 4.15. The molecular formula is C17H15F2NO4. The minimum Gasteiger partial charge on any atom is -0.330 e. The van der Waals surface area contributed by atoms with Crippen molar-refractivity contribution in [1.29, 1.82) is 0 Å². The van der Waals surface area contributed by atoms with Crippen molar-refractivity contribution in [2.24, 2.45) is 11.3 Å². The van der Waals surface area contributed by atoms with E-state index in [4.69, 9.17) is 4.84 Å². The van der Waals surface area contributed by atoms with Crippen LogP contribution in [0.2, 0.25) is 0 Å². The Labute approximate surface area is 136 Å². The number of halogens is 2. The van der Waals surface area contributed by atoms with Crippen LogP contribution in [0.5, 0.6) is 0 Å². The maximum Gasteiger partial charge on any atom is 0.334 e. The molecule has 0 N–H and O–H groups in total. The molecule has 2 atom stereocenters. The number of hydrogen-bond acceptors (Lipinski definition) is 4. The van der Waals surface area contributed by atoms with Gasteiger partial charge >= 0.3 is 5.97 Å². The molecule has 2 fully saturated rings. The molecule has 1 aliphatic heterocycles. The molecule has 0 aromatic heterocycles. The number of hydroxylamine groups is 2. The summed E-state index contributed by atoms with van der Waals surface area (Å²) in [5, 5.41) is 0.377. The van der Waals surface area contributed by atoms with Gasteiger partial charge in [-0.1, -0.05) is 30.0 Å². The molecule has 5 nitrogen and oxygen atoms in total. The average Bonchev–Trinajstić information content (AvgIpc) is 2.95. The van der Waals surface area contributed by atoms with Crippen LogP contribution in [0.3, 0.4) is 0 Å². The highest BCUT2D eigenvalue weighted by Crippen LogP contribution is 2.73. The van der Waals surface area contributed by atoms with E-state index in [1.165, 1.54) is 12.1 Å². The third kappa shape index (κ3) is 1.87. The van der Waals surface area contributed by atoms with E-state index in [1.807, 2.05) is 0 Å². The van der Waals surface area contributed by atoms with Gasteiger partial charge in [-0.25, -0.2) is 13.6 Å². The average molecular weight is 335 g/mol. The van der Waals surface area contributed by atoms with Crippen molar-refractivity contribution < 1.29 is 28.0 Å². The van der Waals surface area contributed by atoms with Gasteiger partial charge in [0.25, 0.3) is 17.7 Å². The monoisotopic (exact) mass is 335 g/mol. The number of amides is 2. The molecule has 7 heteroatoms. The fraction of sp³-hybridized carbons (Fsp3) is 0.471. The van der Waals surface area contributed by atoms with Crippen LogP contribution in [-0.2, 0) is 9.63 Å². The van der Waals surface area contributed by atoms with Crippen molar-refractivity contribution in [2.45, 2.75) is 38.0 Å². The summed E-state index contributed by atoms with van der Waals surface area (Å²) in [7, 11) is 0. The van der Waals surface area contributed by atoms with Crippen molar-refractivity contribution in [3.8, 4) is 0 Å². The van der Waals surface area contributed by atoms with E-state index in [2.05, 4.69) is 0 Å². The topological polar surface area (TPSA) is 63.7 Å². The van der Waals surface area contributed by atoms with Crippen molar-refractivity contribution in [3.63, 3.8) is 0 Å². The van der Waals surface area contributed by atoms with Crippen molar-refractivity contribution in [3.05, 3.63) is 35.4 Å². The predicted molar refractivity (Wildman–Crippen MR) is 77.0 cm³/mol. The van der Waals surface area contributed by atoms with Crippen LogP contribution in [0.1, 0.15) is 52.8 Å². The van der Waals surface area contributed by atoms with Crippen LogP contribution in [0, 0.1) is 11.3 Å². The van der Waals surface area contributed by atoms with Crippen molar-refractivity contribution in [1.82, 2.24) is 5.06 Å². The lowest BCUT2D eigenvalue weighted by atomic mass is 9.86. The van der Waals surface area contributed by atoms with E-state index >= 15 is 0 Å². The Morgan fingerprint density at radius 1 is 1.17 bits per heavy atom. The minimum atomic E-state index is -2.87. The van der Waals surface area contributed by atoms with Crippen molar-refractivity contribution >= 4 is 17.8 Å². The van der Waals surface area contributed by atoms with Gasteiger partial charge in [-0.15, -0.1) is 0 Å². The maximum atomic E-state index is 14.0. The Balaban J connectivity index is 1.48. The first-order valence-corrected chi connectivity index (χ1v) is 7.95. The molecule has 2 aliphatic carbocycles. The van der Waals surface area contributed by atoms with Gasteiger partial charge in [0.15, 0.2) is 0 Å². The summed E-state index contributed by atoms with van der Waals surface area (Å²) in [5.41, 5.74) is -1.08. The number of carbonyl (C=O) groups is 3. The van der Waals surface area contributed by atoms with E-state index in [-0.39, 0.29) is 17.5 Å². The van der Waals surface area contributed by atoms with Gasteiger partial charge in [0.05, 0.1) is 23.0 Å². The zero-order chi connectivity index (χ0) is 17.1. The van der Waals surface area contributed by atoms with E-state index in [0.717, 1.165) is 6.42 Å². The number of nitrogens with zero attached hydrogens (tertiary/aromatic N) is 1. The van der Waals surface area contributed by atoms with Crippen LogP contribution >= 0.6 is 0 Å². The molecule has 0 radical (unpaired) electrons. The molecule has 2 saturated carbocycles. The summed E-state index contributed by atoms with van der Waals surface area (Å²) in [6.07, 6.45) is 1.56. The third-order valence-corrected chi connectivity index (χ3v) is 5.46. The normalized spacial score (nSPS) is 29.9. The lowest BCUT2D eigenvalue weighted by Crippen LogP contribution is -2.34. The molecule has 1 heterocycles. The Morgan fingerprint density at radius 3 is 2.38 bits per heavy atom. The molecule has 126 valence electrons. The van der Waals surface area contributed by atoms with E-state index in [0.29, 0.717) is 17.9 Å². The first kappa shape index (κ1) is 15.2. The summed E-state index contributed by atoms with van der Waals surface area (Å²) < 4.78 is 28.1. The summed E-state index contributed by atoms with van der Waals surface area (Å²) in [4.78, 5) is 41.3. The minimum absolute atomic E-state index is 0.140. The summed E-state index contributed by atoms with van der Waals surface area (Å²) in [5.74, 6) is -6.12. The van der Waals surface area contributed by atoms with E-state index in [9.17, 15) is 23.2 Å². The van der Waals surface area contributed by atoms with Crippen LogP contribution in [0.4, 0.5) is 8.78 Å². The molecule has 0 saturated heterocycles. The summed E-state index contributed by atoms with van der Waals surface area (Å²) in [6, 6.07) is 6.08. The molecule has 1 aromatic carbocycles. The Hall–Kier alpha value is -2.31. The van der Waals surface area contributed by atoms with Gasteiger partial charge in [0.1, 0.15) is 0 Å². The highest BCUT2D eigenvalue weighted by molar-refractivity contribution is 6.20. The molecule has 2 unspecified atom stereocenters. The van der Waals surface area contributed by atoms with Gasteiger partial charge < -0.3 is 4.84 Å². The number of carbonyl (C=O) groups excluding carboxylic acids is 3. The molecule has 3 aliphatic rings. The zero-order valence-corrected chi connectivity index (χ0v) is 12.8. The largest absolute Gasteiger partial charge is 0.334 e. The van der Waals surface area contributed by atoms with Gasteiger partial charge in [-0.2, -0.15) is 0 Å². The number of alkyl halides is 2. The number of rotatable bonds is 3. The van der Waals surface area contributed by atoms with Crippen molar-refractivity contribution in [2.75, 3.05) is 0 Å². The smallest absolute Gasteiger partial charge is 0.330 e. The van der Waals surface area contributed by atoms with Gasteiger partial charge in [0.2, 0.25) is 0 Å². The fourth-order valence-electron chi connectivity index (χ4n) is 4.15. The highest BCUT2D eigenvalue weighted by Gasteiger charge is 2.80. The molecule has 24 heavy (non-hydrogen) atoms. The molecule has 0 bridgehead atoms. The summed E-state index contributed by atoms with van der Waals surface area (Å²) >= 11 is 0. The lowest BCUT2D eigenvalue weighted by molar-refractivity contribution is -0.171. The Morgan fingerprint density at radius 2 is 1.79 bits per heavy atom. The molecule has 2 amide bonds. The van der Waals surface area contributed by atoms with Gasteiger partial charge in [-0.05, 0) is 25.0 Å². The first-order valence-electron chi connectivity index (χ1n) is 7.95. The SMILES string of the molecule is O=C(CC12CCCCC1C2(F)F)ON1C(=O)c2ccccc2C1=O. The molecule has 1 aromatic rings. The Bertz CT molecular complexity index is 728. The highest BCUT2D eigenvalue weighted by atomic mass is 19.3. The molecule has 4 rings (SSSR count). The molecule has 0 spiro atoms. The van der Waals surface area contributed by atoms with Crippen LogP contribution in [0.15, 0.2) is 24.3 Å². The number of fused-ring (bicyclic) bond motifs is 2. The van der Waals surface area contributed by atoms with E-state index < -0.39 is 41.5 Å². The second kappa shape index (κ2) is 4.84. The predicted octanol–water partition coefficient (Wildman–Crippen LogP) is 2.96. The lowest BCUT2D eigenvalue weighted by Gasteiger charge is -2.20. The van der Waals surface area contributed by atoms with Gasteiger partial charge in [-0.3, -0.25) is 9.59 Å². The van der Waals surface area contributed by atoms with Crippen LogP contribution in [0.25, 0.3) is 0 Å². The Kier molecular flexibility index (Phi) is 3.07. The number of hydrogen-bond donors (Lipinski definition) is 0. The standard InChI is InChI=1S/C17H15F2NO4/c18-17(19)12-7-3-4-8-16(12,17)9-13(21)24-20-14(22)10-5-1-2-6-11(10)15(20)23/h1-2,5-6,12H,3-4,7-9H2. The second-order valence-electron chi connectivity index (χ2n) is 6.67. The zero-order valence-electron chi connectivity index (χ0n) is 12.8. The summed E-state index contributed by atoms with van der Waals surface area (Å²) in [6.45, 7) is 0. The number of benzene rings is 1.